The summed E-state index contributed by atoms with van der Waals surface area (Å²) >= 11 is 0. The lowest BCUT2D eigenvalue weighted by Crippen LogP contribution is -2.52. The number of aromatic nitrogens is 2. The van der Waals surface area contributed by atoms with Crippen LogP contribution in [-0.4, -0.2) is 102 Å². The molecule has 0 atom stereocenters. The summed E-state index contributed by atoms with van der Waals surface area (Å²) in [4.78, 5) is 37.5. The van der Waals surface area contributed by atoms with Crippen molar-refractivity contribution in [3.8, 4) is 11.4 Å². The van der Waals surface area contributed by atoms with E-state index in [2.05, 4.69) is 22.0 Å². The van der Waals surface area contributed by atoms with E-state index in [1.807, 2.05) is 34.1 Å². The van der Waals surface area contributed by atoms with Crippen LogP contribution in [0.3, 0.4) is 0 Å². The number of hydrogen-bond acceptors (Lipinski definition) is 6. The van der Waals surface area contributed by atoms with E-state index in [9.17, 15) is 9.59 Å². The maximum atomic E-state index is 13.0. The zero-order chi connectivity index (χ0) is 24.1. The molecule has 2 aliphatic heterocycles. The minimum Gasteiger partial charge on any atom is -0.340 e. The molecule has 3 amide bonds. The van der Waals surface area contributed by atoms with Crippen molar-refractivity contribution in [1.82, 2.24) is 29.7 Å². The van der Waals surface area contributed by atoms with Crippen LogP contribution in [-0.2, 0) is 11.2 Å². The van der Waals surface area contributed by atoms with Gasteiger partial charge in [-0.3, -0.25) is 9.69 Å². The van der Waals surface area contributed by atoms with E-state index in [0.717, 1.165) is 64.0 Å². The normalized spacial score (nSPS) is 17.7. The van der Waals surface area contributed by atoms with E-state index in [4.69, 9.17) is 4.52 Å². The molecule has 0 spiro atoms. The number of hydrogen-bond donors (Lipinski definition) is 0. The zero-order valence-corrected chi connectivity index (χ0v) is 20.6. The maximum Gasteiger partial charge on any atom is 0.319 e. The average molecular weight is 469 g/mol. The highest BCUT2D eigenvalue weighted by Gasteiger charge is 2.32. The van der Waals surface area contributed by atoms with E-state index < -0.39 is 0 Å². The third-order valence-electron chi connectivity index (χ3n) is 6.82. The molecule has 0 saturated carbocycles. The van der Waals surface area contributed by atoms with Crippen molar-refractivity contribution in [3.05, 3.63) is 35.7 Å². The standard InChI is InChI=1S/C25H36N6O3/c1-19-6-8-20(9-7-19)23-26-22(34-27-23)5-4-12-29-15-17-30(18-16-29)24(32)21-10-13-31(14-11-21)25(33)28(2)3/h6-9,21H,4-5,10-18H2,1-3H3. The van der Waals surface area contributed by atoms with Crippen LogP contribution in [0, 0.1) is 12.8 Å². The molecule has 0 radical (unpaired) electrons. The number of carbonyl (C=O) groups excluding carboxylic acids is 2. The average Bonchev–Trinajstić information content (AvgIpc) is 3.33. The lowest BCUT2D eigenvalue weighted by Gasteiger charge is -2.39. The largest absolute Gasteiger partial charge is 0.340 e. The fourth-order valence-corrected chi connectivity index (χ4v) is 4.68. The van der Waals surface area contributed by atoms with Crippen molar-refractivity contribution in [2.45, 2.75) is 32.6 Å². The van der Waals surface area contributed by atoms with E-state index in [0.29, 0.717) is 24.8 Å². The third-order valence-corrected chi connectivity index (χ3v) is 6.82. The van der Waals surface area contributed by atoms with Crippen molar-refractivity contribution < 1.29 is 14.1 Å². The summed E-state index contributed by atoms with van der Waals surface area (Å²) in [6.45, 7) is 7.66. The number of likely N-dealkylation sites (tertiary alicyclic amines) is 1. The second-order valence-corrected chi connectivity index (χ2v) is 9.59. The fourth-order valence-electron chi connectivity index (χ4n) is 4.68. The van der Waals surface area contributed by atoms with E-state index in [1.165, 1.54) is 5.56 Å². The van der Waals surface area contributed by atoms with Gasteiger partial charge in [-0.1, -0.05) is 35.0 Å². The molecule has 1 aromatic carbocycles. The van der Waals surface area contributed by atoms with Gasteiger partial charge >= 0.3 is 6.03 Å². The summed E-state index contributed by atoms with van der Waals surface area (Å²) in [5.41, 5.74) is 2.17. The third kappa shape index (κ3) is 5.94. The SMILES string of the molecule is Cc1ccc(-c2noc(CCCN3CCN(C(=O)C4CCN(C(=O)N(C)C)CC4)CC3)n2)cc1. The van der Waals surface area contributed by atoms with Crippen LogP contribution < -0.4 is 0 Å². The zero-order valence-electron chi connectivity index (χ0n) is 20.6. The topological polar surface area (TPSA) is 86.0 Å². The number of piperidine rings is 1. The van der Waals surface area contributed by atoms with Crippen LogP contribution in [0.2, 0.25) is 0 Å². The lowest BCUT2D eigenvalue weighted by atomic mass is 9.95. The van der Waals surface area contributed by atoms with Gasteiger partial charge in [0.2, 0.25) is 17.6 Å². The first kappa shape index (κ1) is 24.2. The Morgan fingerprint density at radius 2 is 1.68 bits per heavy atom. The van der Waals surface area contributed by atoms with Gasteiger partial charge in [-0.05, 0) is 32.7 Å². The first-order chi connectivity index (χ1) is 16.4. The number of nitrogens with zero attached hydrogens (tertiary/aromatic N) is 6. The van der Waals surface area contributed by atoms with E-state index in [1.54, 1.807) is 19.0 Å². The van der Waals surface area contributed by atoms with Crippen LogP contribution in [0.1, 0.15) is 30.7 Å². The Bertz CT molecular complexity index is 957. The molecule has 0 unspecified atom stereocenters. The van der Waals surface area contributed by atoms with Gasteiger partial charge in [0.05, 0.1) is 0 Å². The Morgan fingerprint density at radius 3 is 2.32 bits per heavy atom. The van der Waals surface area contributed by atoms with Crippen LogP contribution in [0.4, 0.5) is 4.79 Å². The van der Waals surface area contributed by atoms with Crippen LogP contribution in [0.5, 0.6) is 0 Å². The minimum absolute atomic E-state index is 0.0337. The molecule has 34 heavy (non-hydrogen) atoms. The molecule has 2 fully saturated rings. The molecule has 2 aromatic rings. The molecule has 0 aliphatic carbocycles. The highest BCUT2D eigenvalue weighted by molar-refractivity contribution is 5.80. The molecule has 2 saturated heterocycles. The summed E-state index contributed by atoms with van der Waals surface area (Å²) in [6.07, 6.45) is 3.21. The van der Waals surface area contributed by atoms with Crippen LogP contribution >= 0.6 is 0 Å². The Labute approximate surface area is 201 Å². The molecule has 2 aliphatic rings. The number of benzene rings is 1. The highest BCUT2D eigenvalue weighted by atomic mass is 16.5. The van der Waals surface area contributed by atoms with E-state index in [-0.39, 0.29) is 17.9 Å². The molecule has 4 rings (SSSR count). The van der Waals surface area contributed by atoms with Crippen molar-refractivity contribution >= 4 is 11.9 Å². The van der Waals surface area contributed by atoms with Gasteiger partial charge in [-0.15, -0.1) is 0 Å². The Balaban J connectivity index is 1.15. The summed E-state index contributed by atoms with van der Waals surface area (Å²) in [6, 6.07) is 8.15. The maximum absolute atomic E-state index is 13.0. The number of rotatable bonds is 6. The smallest absolute Gasteiger partial charge is 0.319 e. The first-order valence-electron chi connectivity index (χ1n) is 12.3. The quantitative estimate of drug-likeness (QED) is 0.648. The lowest BCUT2D eigenvalue weighted by molar-refractivity contribution is -0.138. The Kier molecular flexibility index (Phi) is 7.82. The van der Waals surface area contributed by atoms with Gasteiger partial charge in [0.1, 0.15) is 0 Å². The number of aryl methyl sites for hydroxylation is 2. The molecule has 1 aromatic heterocycles. The molecule has 9 heteroatoms. The van der Waals surface area contributed by atoms with E-state index >= 15 is 0 Å². The van der Waals surface area contributed by atoms with Gasteiger partial charge < -0.3 is 19.2 Å². The minimum atomic E-state index is 0.0337. The number of urea groups is 1. The molecule has 3 heterocycles. The second kappa shape index (κ2) is 11.0. The molecule has 9 nitrogen and oxygen atoms in total. The summed E-state index contributed by atoms with van der Waals surface area (Å²) in [5.74, 6) is 1.60. The van der Waals surface area contributed by atoms with Gasteiger partial charge in [-0.2, -0.15) is 4.98 Å². The number of carbonyl (C=O) groups is 2. The van der Waals surface area contributed by atoms with Crippen LogP contribution in [0.25, 0.3) is 11.4 Å². The Hall–Kier alpha value is -2.94. The molecule has 184 valence electrons. The number of amides is 3. The van der Waals surface area contributed by atoms with Crippen molar-refractivity contribution in [3.63, 3.8) is 0 Å². The fraction of sp³-hybridized carbons (Fsp3) is 0.600. The number of piperazine rings is 1. The van der Waals surface area contributed by atoms with Crippen molar-refractivity contribution in [2.24, 2.45) is 5.92 Å². The van der Waals surface area contributed by atoms with Gasteiger partial charge in [0, 0.05) is 71.3 Å². The Morgan fingerprint density at radius 1 is 1.00 bits per heavy atom. The molecule has 0 bridgehead atoms. The molecule has 0 N–H and O–H groups in total. The molecular formula is C25H36N6O3. The van der Waals surface area contributed by atoms with Crippen molar-refractivity contribution in [1.29, 1.82) is 0 Å². The van der Waals surface area contributed by atoms with Crippen molar-refractivity contribution in [2.75, 3.05) is 59.9 Å². The predicted molar refractivity (Wildman–Crippen MR) is 129 cm³/mol. The van der Waals surface area contributed by atoms with Gasteiger partial charge in [0.25, 0.3) is 0 Å². The predicted octanol–water partition coefficient (Wildman–Crippen LogP) is 2.52. The first-order valence-corrected chi connectivity index (χ1v) is 12.3. The monoisotopic (exact) mass is 468 g/mol. The van der Waals surface area contributed by atoms with Gasteiger partial charge in [-0.25, -0.2) is 4.79 Å². The van der Waals surface area contributed by atoms with Crippen LogP contribution in [0.15, 0.2) is 28.8 Å². The summed E-state index contributed by atoms with van der Waals surface area (Å²) < 4.78 is 5.43. The molecular weight excluding hydrogens is 432 g/mol. The highest BCUT2D eigenvalue weighted by Crippen LogP contribution is 2.21. The summed E-state index contributed by atoms with van der Waals surface area (Å²) in [7, 11) is 3.54. The second-order valence-electron chi connectivity index (χ2n) is 9.59. The summed E-state index contributed by atoms with van der Waals surface area (Å²) in [5, 5.41) is 4.11. The van der Waals surface area contributed by atoms with Gasteiger partial charge in [0.15, 0.2) is 0 Å².